The largest absolute Gasteiger partial charge is 0.385 e. The molecule has 0 aliphatic heterocycles. The Morgan fingerprint density at radius 1 is 1.38 bits per heavy atom. The number of hydrogen-bond acceptors (Lipinski definition) is 4. The summed E-state index contributed by atoms with van der Waals surface area (Å²) < 4.78 is 5.01. The maximum atomic E-state index is 5.01. The van der Waals surface area contributed by atoms with Crippen molar-refractivity contribution in [2.75, 3.05) is 20.3 Å². The topological polar surface area (TPSA) is 34.1 Å². The second-order valence-corrected chi connectivity index (χ2v) is 5.38. The van der Waals surface area contributed by atoms with E-state index in [-0.39, 0.29) is 0 Å². The minimum atomic E-state index is 0.835. The van der Waals surface area contributed by atoms with Crippen molar-refractivity contribution in [3.05, 3.63) is 15.6 Å². The number of fused-ring (bicyclic) bond motifs is 1. The summed E-state index contributed by atoms with van der Waals surface area (Å²) in [5.41, 5.74) is 1.37. The zero-order valence-corrected chi connectivity index (χ0v) is 10.7. The van der Waals surface area contributed by atoms with Gasteiger partial charge in [0.05, 0.1) is 5.69 Å². The van der Waals surface area contributed by atoms with Gasteiger partial charge in [0.2, 0.25) is 0 Å². The van der Waals surface area contributed by atoms with Gasteiger partial charge in [0.25, 0.3) is 0 Å². The first kappa shape index (κ1) is 12.0. The molecule has 0 saturated heterocycles. The van der Waals surface area contributed by atoms with E-state index in [9.17, 15) is 0 Å². The molecule has 0 spiro atoms. The summed E-state index contributed by atoms with van der Waals surface area (Å²) in [7, 11) is 1.74. The minimum absolute atomic E-state index is 0.835. The lowest BCUT2D eigenvalue weighted by Crippen LogP contribution is -2.15. The van der Waals surface area contributed by atoms with E-state index in [1.807, 2.05) is 11.3 Å². The number of rotatable bonds is 6. The smallest absolute Gasteiger partial charge is 0.107 e. The van der Waals surface area contributed by atoms with Crippen LogP contribution in [0.15, 0.2) is 0 Å². The molecular formula is C12H20N2OS. The van der Waals surface area contributed by atoms with Gasteiger partial charge in [-0.3, -0.25) is 0 Å². The average Bonchev–Trinajstić information content (AvgIpc) is 2.71. The predicted octanol–water partition coefficient (Wildman–Crippen LogP) is 2.15. The average molecular weight is 240 g/mol. The van der Waals surface area contributed by atoms with Gasteiger partial charge in [0.15, 0.2) is 0 Å². The Bertz CT molecular complexity index is 301. The van der Waals surface area contributed by atoms with Crippen molar-refractivity contribution in [3.63, 3.8) is 0 Å². The summed E-state index contributed by atoms with van der Waals surface area (Å²) in [4.78, 5) is 6.22. The number of nitrogens with zero attached hydrogens (tertiary/aromatic N) is 1. The van der Waals surface area contributed by atoms with Crippen molar-refractivity contribution < 1.29 is 4.74 Å². The third-order valence-electron chi connectivity index (χ3n) is 2.87. The number of aryl methyl sites for hydroxylation is 2. The van der Waals surface area contributed by atoms with Crippen molar-refractivity contribution in [1.82, 2.24) is 10.3 Å². The van der Waals surface area contributed by atoms with Gasteiger partial charge >= 0.3 is 0 Å². The maximum Gasteiger partial charge on any atom is 0.107 e. The van der Waals surface area contributed by atoms with Crippen molar-refractivity contribution >= 4 is 11.3 Å². The molecule has 1 heterocycles. The summed E-state index contributed by atoms with van der Waals surface area (Å²) in [5, 5.41) is 4.67. The van der Waals surface area contributed by atoms with E-state index in [0.717, 1.165) is 26.1 Å². The van der Waals surface area contributed by atoms with Crippen LogP contribution in [0.5, 0.6) is 0 Å². The second-order valence-electron chi connectivity index (χ2n) is 4.21. The number of thiazole rings is 1. The number of methoxy groups -OCH3 is 1. The third-order valence-corrected chi connectivity index (χ3v) is 4.03. The normalized spacial score (nSPS) is 15.1. The standard InChI is InChI=1S/C12H20N2OS/c1-15-8-4-7-13-9-12-14-10-5-2-3-6-11(10)16-12/h13H,2-9H2,1H3. The molecule has 0 amide bonds. The lowest BCUT2D eigenvalue weighted by molar-refractivity contribution is 0.194. The predicted molar refractivity (Wildman–Crippen MR) is 67.0 cm³/mol. The Morgan fingerprint density at radius 2 is 2.25 bits per heavy atom. The number of hydrogen-bond donors (Lipinski definition) is 1. The lowest BCUT2D eigenvalue weighted by Gasteiger charge is -2.06. The van der Waals surface area contributed by atoms with Crippen molar-refractivity contribution in [3.8, 4) is 0 Å². The molecule has 0 atom stereocenters. The molecular weight excluding hydrogens is 220 g/mol. The van der Waals surface area contributed by atoms with E-state index in [1.165, 1.54) is 41.3 Å². The van der Waals surface area contributed by atoms with E-state index in [4.69, 9.17) is 9.72 Å². The Morgan fingerprint density at radius 3 is 3.06 bits per heavy atom. The molecule has 1 aliphatic carbocycles. The quantitative estimate of drug-likeness (QED) is 0.774. The van der Waals surface area contributed by atoms with Crippen LogP contribution in [-0.2, 0) is 24.1 Å². The Kier molecular flexibility index (Phi) is 4.75. The Hall–Kier alpha value is -0.450. The van der Waals surface area contributed by atoms with Crippen LogP contribution in [0.2, 0.25) is 0 Å². The molecule has 1 N–H and O–H groups in total. The summed E-state index contributed by atoms with van der Waals surface area (Å²) in [6, 6.07) is 0. The molecule has 90 valence electrons. The molecule has 3 nitrogen and oxygen atoms in total. The van der Waals surface area contributed by atoms with Crippen LogP contribution in [0, 0.1) is 0 Å². The van der Waals surface area contributed by atoms with Crippen molar-refractivity contribution in [2.24, 2.45) is 0 Å². The monoisotopic (exact) mass is 240 g/mol. The maximum absolute atomic E-state index is 5.01. The van der Waals surface area contributed by atoms with E-state index in [1.54, 1.807) is 7.11 Å². The molecule has 0 fully saturated rings. The van der Waals surface area contributed by atoms with Crippen LogP contribution in [0.3, 0.4) is 0 Å². The van der Waals surface area contributed by atoms with Gasteiger partial charge in [-0.1, -0.05) is 0 Å². The Labute approximate surface area is 101 Å². The summed E-state index contributed by atoms with van der Waals surface area (Å²) in [5.74, 6) is 0. The fraction of sp³-hybridized carbons (Fsp3) is 0.750. The van der Waals surface area contributed by atoms with Crippen LogP contribution in [-0.4, -0.2) is 25.2 Å². The van der Waals surface area contributed by atoms with Gasteiger partial charge < -0.3 is 10.1 Å². The molecule has 1 aromatic heterocycles. The fourth-order valence-electron chi connectivity index (χ4n) is 2.02. The molecule has 0 saturated carbocycles. The van der Waals surface area contributed by atoms with Crippen LogP contribution in [0.4, 0.5) is 0 Å². The highest BCUT2D eigenvalue weighted by atomic mass is 32.1. The first-order valence-corrected chi connectivity index (χ1v) is 6.89. The van der Waals surface area contributed by atoms with Gasteiger partial charge in [-0.15, -0.1) is 11.3 Å². The van der Waals surface area contributed by atoms with Crippen LogP contribution in [0.1, 0.15) is 34.8 Å². The fourth-order valence-corrected chi connectivity index (χ4v) is 3.14. The molecule has 0 aromatic carbocycles. The highest BCUT2D eigenvalue weighted by Crippen LogP contribution is 2.26. The lowest BCUT2D eigenvalue weighted by atomic mass is 10.0. The van der Waals surface area contributed by atoms with E-state index in [2.05, 4.69) is 5.32 Å². The summed E-state index contributed by atoms with van der Waals surface area (Å²) in [6.07, 6.45) is 6.17. The SMILES string of the molecule is COCCCNCc1nc2c(s1)CCCC2. The van der Waals surface area contributed by atoms with Gasteiger partial charge in [0, 0.05) is 25.1 Å². The zero-order chi connectivity index (χ0) is 11.2. The molecule has 0 unspecified atom stereocenters. The number of aromatic nitrogens is 1. The molecule has 1 aliphatic rings. The molecule has 4 heteroatoms. The highest BCUT2D eigenvalue weighted by molar-refractivity contribution is 7.11. The summed E-state index contributed by atoms with van der Waals surface area (Å²) >= 11 is 1.89. The van der Waals surface area contributed by atoms with E-state index < -0.39 is 0 Å². The van der Waals surface area contributed by atoms with Crippen molar-refractivity contribution in [1.29, 1.82) is 0 Å². The molecule has 1 aromatic rings. The van der Waals surface area contributed by atoms with Crippen LogP contribution >= 0.6 is 11.3 Å². The minimum Gasteiger partial charge on any atom is -0.385 e. The summed E-state index contributed by atoms with van der Waals surface area (Å²) in [6.45, 7) is 2.76. The second kappa shape index (κ2) is 6.33. The Balaban J connectivity index is 1.74. The van der Waals surface area contributed by atoms with Gasteiger partial charge in [0.1, 0.15) is 5.01 Å². The molecule has 16 heavy (non-hydrogen) atoms. The first-order valence-electron chi connectivity index (χ1n) is 6.07. The molecule has 2 rings (SSSR count). The van der Waals surface area contributed by atoms with Crippen LogP contribution in [0.25, 0.3) is 0 Å². The van der Waals surface area contributed by atoms with Gasteiger partial charge in [-0.25, -0.2) is 4.98 Å². The zero-order valence-electron chi connectivity index (χ0n) is 9.92. The van der Waals surface area contributed by atoms with Crippen LogP contribution < -0.4 is 5.32 Å². The first-order chi connectivity index (χ1) is 7.90. The van der Waals surface area contributed by atoms with E-state index in [0.29, 0.717) is 0 Å². The molecule has 0 bridgehead atoms. The molecule has 0 radical (unpaired) electrons. The number of ether oxygens (including phenoxy) is 1. The third kappa shape index (κ3) is 3.27. The van der Waals surface area contributed by atoms with Gasteiger partial charge in [-0.05, 0) is 38.6 Å². The number of nitrogens with one attached hydrogen (secondary N) is 1. The van der Waals surface area contributed by atoms with Crippen molar-refractivity contribution in [2.45, 2.75) is 38.6 Å². The van der Waals surface area contributed by atoms with E-state index >= 15 is 0 Å². The highest BCUT2D eigenvalue weighted by Gasteiger charge is 2.14. The van der Waals surface area contributed by atoms with Gasteiger partial charge in [-0.2, -0.15) is 0 Å².